The topological polar surface area (TPSA) is 53.2 Å². The Morgan fingerprint density at radius 1 is 1.13 bits per heavy atom. The summed E-state index contributed by atoms with van der Waals surface area (Å²) in [7, 11) is 1.86. The third-order valence-corrected chi connectivity index (χ3v) is 3.57. The van der Waals surface area contributed by atoms with Crippen molar-refractivity contribution in [3.05, 3.63) is 35.9 Å². The van der Waals surface area contributed by atoms with E-state index in [1.807, 2.05) is 32.2 Å². The second kappa shape index (κ2) is 11.7. The van der Waals surface area contributed by atoms with Gasteiger partial charge in [-0.05, 0) is 33.4 Å². The van der Waals surface area contributed by atoms with Crippen LogP contribution < -0.4 is 16.0 Å². The maximum atomic E-state index is 12.0. The van der Waals surface area contributed by atoms with E-state index in [0.29, 0.717) is 13.1 Å². The molecular weight excluding hydrogens is 333 g/mol. The Labute approximate surface area is 153 Å². The second-order valence-corrected chi connectivity index (χ2v) is 6.34. The summed E-state index contributed by atoms with van der Waals surface area (Å²) in [6, 6.07) is 10.6. The summed E-state index contributed by atoms with van der Waals surface area (Å²) in [4.78, 5) is 12.0. The number of carbonyl (C=O) groups is 1. The van der Waals surface area contributed by atoms with Crippen molar-refractivity contribution in [3.63, 3.8) is 0 Å². The minimum Gasteiger partial charge on any atom is -0.354 e. The van der Waals surface area contributed by atoms with E-state index in [4.69, 9.17) is 0 Å². The lowest BCUT2D eigenvalue weighted by molar-refractivity contribution is -0.124. The molecule has 0 spiro atoms. The molecule has 3 N–H and O–H groups in total. The molecule has 0 aliphatic heterocycles. The van der Waals surface area contributed by atoms with Crippen LogP contribution in [0.5, 0.6) is 0 Å². The fourth-order valence-electron chi connectivity index (χ4n) is 2.34. The van der Waals surface area contributed by atoms with Crippen LogP contribution in [-0.2, 0) is 4.79 Å². The molecule has 0 saturated carbocycles. The minimum absolute atomic E-state index is 0. The van der Waals surface area contributed by atoms with Gasteiger partial charge in [0.15, 0.2) is 0 Å². The number of carbonyl (C=O) groups excluding carboxylic acids is 1. The molecular formula is C17H31Cl2N3O. The molecule has 0 aliphatic carbocycles. The van der Waals surface area contributed by atoms with Gasteiger partial charge in [-0.1, -0.05) is 37.3 Å². The largest absolute Gasteiger partial charge is 0.354 e. The molecule has 134 valence electrons. The van der Waals surface area contributed by atoms with Gasteiger partial charge in [-0.2, -0.15) is 0 Å². The van der Waals surface area contributed by atoms with Crippen molar-refractivity contribution in [2.45, 2.75) is 39.3 Å². The first-order valence-electron chi connectivity index (χ1n) is 7.60. The first kappa shape index (κ1) is 24.4. The Kier molecular flexibility index (Phi) is 12.4. The normalized spacial score (nSPS) is 13.3. The van der Waals surface area contributed by atoms with Crippen LogP contribution >= 0.6 is 24.8 Å². The van der Waals surface area contributed by atoms with Crippen molar-refractivity contribution < 1.29 is 4.79 Å². The number of amides is 1. The second-order valence-electron chi connectivity index (χ2n) is 6.34. The average molecular weight is 364 g/mol. The van der Waals surface area contributed by atoms with E-state index in [9.17, 15) is 4.79 Å². The van der Waals surface area contributed by atoms with E-state index in [2.05, 4.69) is 48.9 Å². The fraction of sp³-hybridized carbons (Fsp3) is 0.588. The summed E-state index contributed by atoms with van der Waals surface area (Å²) in [6.07, 6.45) is 0. The van der Waals surface area contributed by atoms with Crippen LogP contribution in [0.15, 0.2) is 30.3 Å². The van der Waals surface area contributed by atoms with Crippen molar-refractivity contribution >= 4 is 30.7 Å². The van der Waals surface area contributed by atoms with Gasteiger partial charge in [-0.25, -0.2) is 0 Å². The van der Waals surface area contributed by atoms with E-state index in [1.54, 1.807) is 0 Å². The van der Waals surface area contributed by atoms with Crippen LogP contribution in [-0.4, -0.2) is 31.6 Å². The number of halogens is 2. The van der Waals surface area contributed by atoms with Gasteiger partial charge in [-0.15, -0.1) is 24.8 Å². The monoisotopic (exact) mass is 363 g/mol. The third kappa shape index (κ3) is 9.16. The zero-order valence-electron chi connectivity index (χ0n) is 14.7. The van der Waals surface area contributed by atoms with Crippen molar-refractivity contribution in [2.24, 2.45) is 5.92 Å². The molecule has 0 aromatic heterocycles. The number of nitrogens with one attached hydrogen (secondary N) is 3. The minimum atomic E-state index is -0.162. The van der Waals surface area contributed by atoms with E-state index >= 15 is 0 Å². The summed E-state index contributed by atoms with van der Waals surface area (Å²) in [5.41, 5.74) is 1.09. The molecule has 2 atom stereocenters. The number of benzene rings is 1. The molecule has 1 amide bonds. The molecule has 0 heterocycles. The van der Waals surface area contributed by atoms with Crippen molar-refractivity contribution in [3.8, 4) is 0 Å². The molecule has 0 fully saturated rings. The maximum Gasteiger partial charge on any atom is 0.224 e. The first-order chi connectivity index (χ1) is 9.85. The van der Waals surface area contributed by atoms with Crippen LogP contribution in [0.2, 0.25) is 0 Å². The number of hydrogen-bond acceptors (Lipinski definition) is 3. The molecule has 1 rings (SSSR count). The molecule has 0 radical (unpaired) electrons. The molecule has 6 heteroatoms. The lowest BCUT2D eigenvalue weighted by atomic mass is 10.0. The molecule has 1 aromatic rings. The maximum absolute atomic E-state index is 12.0. The van der Waals surface area contributed by atoms with Crippen LogP contribution in [0.3, 0.4) is 0 Å². The number of hydrogen-bond donors (Lipinski definition) is 3. The average Bonchev–Trinajstić information content (AvgIpc) is 2.45. The van der Waals surface area contributed by atoms with Gasteiger partial charge in [0.2, 0.25) is 5.91 Å². The molecule has 23 heavy (non-hydrogen) atoms. The van der Waals surface area contributed by atoms with Gasteiger partial charge >= 0.3 is 0 Å². The molecule has 4 nitrogen and oxygen atoms in total. The quantitative estimate of drug-likeness (QED) is 0.665. The Morgan fingerprint density at radius 3 is 2.22 bits per heavy atom. The Hall–Kier alpha value is -0.810. The standard InChI is InChI=1S/C17H29N3O.2ClH/c1-13(11-18-5)16(21)19-12-17(3,4)20-14(2)15-9-7-6-8-10-15;;/h6-10,13-14,18,20H,11-12H2,1-5H3,(H,19,21);2*1H. The van der Waals surface area contributed by atoms with Gasteiger partial charge in [-0.3, -0.25) is 4.79 Å². The van der Waals surface area contributed by atoms with Gasteiger partial charge in [0, 0.05) is 30.6 Å². The third-order valence-electron chi connectivity index (χ3n) is 3.57. The van der Waals surface area contributed by atoms with E-state index in [-0.39, 0.29) is 48.2 Å². The van der Waals surface area contributed by atoms with Gasteiger partial charge < -0.3 is 16.0 Å². The Morgan fingerprint density at radius 2 is 1.70 bits per heavy atom. The zero-order chi connectivity index (χ0) is 15.9. The summed E-state index contributed by atoms with van der Waals surface area (Å²) in [5.74, 6) is 0.0731. The first-order valence-corrected chi connectivity index (χ1v) is 7.60. The SMILES string of the molecule is CNCC(C)C(=O)NCC(C)(C)NC(C)c1ccccc1.Cl.Cl. The zero-order valence-corrected chi connectivity index (χ0v) is 16.3. The summed E-state index contributed by atoms with van der Waals surface area (Å²) >= 11 is 0. The van der Waals surface area contributed by atoms with Crippen molar-refractivity contribution in [1.82, 2.24) is 16.0 Å². The summed E-state index contributed by atoms with van der Waals surface area (Å²) in [5, 5.41) is 9.61. The Bertz CT molecular complexity index is 441. The molecule has 0 aliphatic rings. The van der Waals surface area contributed by atoms with Crippen LogP contribution in [0.1, 0.15) is 39.3 Å². The van der Waals surface area contributed by atoms with Gasteiger partial charge in [0.1, 0.15) is 0 Å². The van der Waals surface area contributed by atoms with E-state index in [0.717, 1.165) is 0 Å². The summed E-state index contributed by atoms with van der Waals surface area (Å²) in [6.45, 7) is 9.59. The van der Waals surface area contributed by atoms with E-state index in [1.165, 1.54) is 5.56 Å². The van der Waals surface area contributed by atoms with Crippen molar-refractivity contribution in [1.29, 1.82) is 0 Å². The van der Waals surface area contributed by atoms with Crippen LogP contribution in [0.4, 0.5) is 0 Å². The number of rotatable bonds is 8. The highest BCUT2D eigenvalue weighted by Gasteiger charge is 2.22. The molecule has 1 aromatic carbocycles. The Balaban J connectivity index is 0. The highest BCUT2D eigenvalue weighted by atomic mass is 35.5. The summed E-state index contributed by atoms with van der Waals surface area (Å²) < 4.78 is 0. The van der Waals surface area contributed by atoms with E-state index < -0.39 is 0 Å². The highest BCUT2D eigenvalue weighted by Crippen LogP contribution is 2.15. The smallest absolute Gasteiger partial charge is 0.224 e. The molecule has 0 bridgehead atoms. The lowest BCUT2D eigenvalue weighted by Gasteiger charge is -2.31. The lowest BCUT2D eigenvalue weighted by Crippen LogP contribution is -2.51. The predicted octanol–water partition coefficient (Wildman–Crippen LogP) is 2.93. The fourth-order valence-corrected chi connectivity index (χ4v) is 2.34. The van der Waals surface area contributed by atoms with Crippen LogP contribution in [0.25, 0.3) is 0 Å². The molecule has 2 unspecified atom stereocenters. The van der Waals surface area contributed by atoms with Crippen LogP contribution in [0, 0.1) is 5.92 Å². The highest BCUT2D eigenvalue weighted by molar-refractivity contribution is 5.85. The van der Waals surface area contributed by atoms with Gasteiger partial charge in [0.25, 0.3) is 0 Å². The predicted molar refractivity (Wildman–Crippen MR) is 103 cm³/mol. The van der Waals surface area contributed by atoms with Gasteiger partial charge in [0.05, 0.1) is 0 Å². The molecule has 0 saturated heterocycles. The van der Waals surface area contributed by atoms with Crippen molar-refractivity contribution in [2.75, 3.05) is 20.1 Å².